The molecule has 1 unspecified atom stereocenters. The standard InChI is InChI=1S/C20H25N5O3/c1-12(2)9-10-28-16-8-7-13(11-17(16)27-3)19-18-14(5-4-6-15(18)26)21-20-22-23-24-25(19)20/h7-8,11-12,19H,4-6,9-10H2,1-3H3,(H,21,22,24). The minimum atomic E-state index is -0.368. The molecular weight excluding hydrogens is 358 g/mol. The molecule has 8 nitrogen and oxygen atoms in total. The van der Waals surface area contributed by atoms with Gasteiger partial charge in [0.05, 0.1) is 13.7 Å². The summed E-state index contributed by atoms with van der Waals surface area (Å²) < 4.78 is 13.1. The van der Waals surface area contributed by atoms with E-state index in [2.05, 4.69) is 34.7 Å². The summed E-state index contributed by atoms with van der Waals surface area (Å²) in [5, 5.41) is 15.2. The lowest BCUT2D eigenvalue weighted by atomic mass is 9.85. The third kappa shape index (κ3) is 3.34. The summed E-state index contributed by atoms with van der Waals surface area (Å²) >= 11 is 0. The van der Waals surface area contributed by atoms with E-state index in [-0.39, 0.29) is 11.8 Å². The highest BCUT2D eigenvalue weighted by molar-refractivity contribution is 5.99. The number of nitrogens with one attached hydrogen (secondary N) is 1. The second kappa shape index (κ2) is 7.61. The first-order valence-corrected chi connectivity index (χ1v) is 9.70. The molecule has 2 aliphatic rings. The molecule has 0 amide bonds. The van der Waals surface area contributed by atoms with Gasteiger partial charge >= 0.3 is 0 Å². The van der Waals surface area contributed by atoms with E-state index in [0.29, 0.717) is 36.4 Å². The number of rotatable bonds is 6. The van der Waals surface area contributed by atoms with Gasteiger partial charge in [-0.2, -0.15) is 4.68 Å². The number of ketones is 1. The fraction of sp³-hybridized carbons (Fsp3) is 0.500. The molecule has 2 aromatic rings. The average Bonchev–Trinajstić information content (AvgIpc) is 3.14. The van der Waals surface area contributed by atoms with Gasteiger partial charge in [0.15, 0.2) is 17.3 Å². The SMILES string of the molecule is COc1cc(C2C3=C(CCCC3=O)Nc3nnnn32)ccc1OCCC(C)C. The predicted molar refractivity (Wildman–Crippen MR) is 103 cm³/mol. The van der Waals surface area contributed by atoms with Crippen LogP contribution in [0.15, 0.2) is 29.5 Å². The van der Waals surface area contributed by atoms with E-state index in [1.54, 1.807) is 11.8 Å². The van der Waals surface area contributed by atoms with Crippen LogP contribution in [0.25, 0.3) is 0 Å². The highest BCUT2D eigenvalue weighted by atomic mass is 16.5. The van der Waals surface area contributed by atoms with Gasteiger partial charge in [0.1, 0.15) is 6.04 Å². The van der Waals surface area contributed by atoms with E-state index in [4.69, 9.17) is 9.47 Å². The Morgan fingerprint density at radius 3 is 2.93 bits per heavy atom. The zero-order valence-electron chi connectivity index (χ0n) is 16.4. The average molecular weight is 383 g/mol. The molecule has 1 atom stereocenters. The molecule has 0 radical (unpaired) electrons. The topological polar surface area (TPSA) is 91.2 Å². The number of aromatic nitrogens is 4. The molecule has 0 spiro atoms. The maximum Gasteiger partial charge on any atom is 0.248 e. The summed E-state index contributed by atoms with van der Waals surface area (Å²) in [6.07, 6.45) is 3.17. The van der Waals surface area contributed by atoms with Gasteiger partial charge < -0.3 is 14.8 Å². The molecule has 4 rings (SSSR count). The van der Waals surface area contributed by atoms with E-state index in [1.165, 1.54) is 0 Å². The number of benzene rings is 1. The fourth-order valence-electron chi connectivity index (χ4n) is 3.70. The second-order valence-electron chi connectivity index (χ2n) is 7.58. The van der Waals surface area contributed by atoms with Gasteiger partial charge in [-0.25, -0.2) is 0 Å². The fourth-order valence-corrected chi connectivity index (χ4v) is 3.70. The highest BCUT2D eigenvalue weighted by Gasteiger charge is 2.36. The van der Waals surface area contributed by atoms with E-state index in [0.717, 1.165) is 36.1 Å². The van der Waals surface area contributed by atoms with Crippen LogP contribution in [0.2, 0.25) is 0 Å². The van der Waals surface area contributed by atoms with Gasteiger partial charge in [-0.1, -0.05) is 25.0 Å². The number of fused-ring (bicyclic) bond motifs is 1. The third-order valence-electron chi connectivity index (χ3n) is 5.19. The van der Waals surface area contributed by atoms with Crippen molar-refractivity contribution in [1.29, 1.82) is 0 Å². The Kier molecular flexibility index (Phi) is 5.02. The number of nitrogens with zero attached hydrogens (tertiary/aromatic N) is 4. The van der Waals surface area contributed by atoms with Crippen molar-refractivity contribution >= 4 is 11.7 Å². The van der Waals surface area contributed by atoms with Crippen molar-refractivity contribution in [3.8, 4) is 11.5 Å². The number of ether oxygens (including phenoxy) is 2. The Hall–Kier alpha value is -2.90. The number of anilines is 1. The Bertz CT molecular complexity index is 918. The lowest BCUT2D eigenvalue weighted by Gasteiger charge is -2.31. The van der Waals surface area contributed by atoms with Crippen LogP contribution in [-0.4, -0.2) is 39.7 Å². The zero-order chi connectivity index (χ0) is 19.7. The van der Waals surface area contributed by atoms with Crippen LogP contribution < -0.4 is 14.8 Å². The molecule has 8 heteroatoms. The summed E-state index contributed by atoms with van der Waals surface area (Å²) in [5.41, 5.74) is 2.55. The largest absolute Gasteiger partial charge is 0.493 e. The van der Waals surface area contributed by atoms with Crippen LogP contribution in [0, 0.1) is 5.92 Å². The van der Waals surface area contributed by atoms with Crippen LogP contribution >= 0.6 is 0 Å². The molecule has 0 bridgehead atoms. The number of methoxy groups -OCH3 is 1. The summed E-state index contributed by atoms with van der Waals surface area (Å²) in [6, 6.07) is 5.40. The lowest BCUT2D eigenvalue weighted by Crippen LogP contribution is -2.31. The van der Waals surface area contributed by atoms with Crippen LogP contribution in [0.4, 0.5) is 5.95 Å². The maximum atomic E-state index is 12.7. The molecule has 148 valence electrons. The van der Waals surface area contributed by atoms with Gasteiger partial charge in [0, 0.05) is 17.7 Å². The Balaban J connectivity index is 1.71. The first-order chi connectivity index (χ1) is 13.6. The highest BCUT2D eigenvalue weighted by Crippen LogP contribution is 2.41. The number of hydrogen-bond acceptors (Lipinski definition) is 7. The van der Waals surface area contributed by atoms with Crippen LogP contribution in [-0.2, 0) is 4.79 Å². The Morgan fingerprint density at radius 1 is 1.29 bits per heavy atom. The molecule has 1 aromatic heterocycles. The van der Waals surface area contributed by atoms with Gasteiger partial charge in [0.2, 0.25) is 5.95 Å². The molecule has 1 aliphatic carbocycles. The molecule has 1 aromatic carbocycles. The van der Waals surface area contributed by atoms with E-state index in [9.17, 15) is 4.79 Å². The predicted octanol–water partition coefficient (Wildman–Crippen LogP) is 3.13. The molecule has 1 N–H and O–H groups in total. The Labute approximate surface area is 163 Å². The second-order valence-corrected chi connectivity index (χ2v) is 7.58. The smallest absolute Gasteiger partial charge is 0.248 e. The number of carbonyl (C=O) groups is 1. The molecule has 1 aliphatic heterocycles. The van der Waals surface area contributed by atoms with Gasteiger partial charge in [0.25, 0.3) is 0 Å². The van der Waals surface area contributed by atoms with Crippen molar-refractivity contribution in [2.45, 2.75) is 45.6 Å². The minimum Gasteiger partial charge on any atom is -0.493 e. The normalized spacial score (nSPS) is 18.6. The quantitative estimate of drug-likeness (QED) is 0.819. The number of Topliss-reactive ketones (excluding diaryl/α,β-unsaturated/α-hetero) is 1. The first kappa shape index (κ1) is 18.5. The van der Waals surface area contributed by atoms with Gasteiger partial charge in [-0.15, -0.1) is 0 Å². The molecular formula is C20H25N5O3. The molecule has 28 heavy (non-hydrogen) atoms. The van der Waals surface area contributed by atoms with E-state index >= 15 is 0 Å². The third-order valence-corrected chi connectivity index (χ3v) is 5.19. The van der Waals surface area contributed by atoms with Gasteiger partial charge in [-0.05, 0) is 53.3 Å². The zero-order valence-corrected chi connectivity index (χ0v) is 16.4. The lowest BCUT2D eigenvalue weighted by molar-refractivity contribution is -0.116. The molecule has 2 heterocycles. The molecule has 0 saturated heterocycles. The number of hydrogen-bond donors (Lipinski definition) is 1. The van der Waals surface area contributed by atoms with Crippen molar-refractivity contribution < 1.29 is 14.3 Å². The van der Waals surface area contributed by atoms with Crippen molar-refractivity contribution in [3.63, 3.8) is 0 Å². The minimum absolute atomic E-state index is 0.135. The number of allylic oxidation sites excluding steroid dienone is 2. The maximum absolute atomic E-state index is 12.7. The molecule has 0 saturated carbocycles. The van der Waals surface area contributed by atoms with Crippen LogP contribution in [0.5, 0.6) is 11.5 Å². The summed E-state index contributed by atoms with van der Waals surface area (Å²) in [7, 11) is 1.62. The summed E-state index contributed by atoms with van der Waals surface area (Å²) in [5.74, 6) is 2.59. The van der Waals surface area contributed by atoms with Crippen molar-refractivity contribution in [1.82, 2.24) is 20.2 Å². The van der Waals surface area contributed by atoms with E-state index < -0.39 is 0 Å². The van der Waals surface area contributed by atoms with Crippen LogP contribution in [0.1, 0.15) is 51.1 Å². The monoisotopic (exact) mass is 383 g/mol. The number of carbonyl (C=O) groups excluding carboxylic acids is 1. The Morgan fingerprint density at radius 2 is 2.14 bits per heavy atom. The number of tetrazole rings is 1. The van der Waals surface area contributed by atoms with Gasteiger partial charge in [-0.3, -0.25) is 4.79 Å². The summed E-state index contributed by atoms with van der Waals surface area (Å²) in [4.78, 5) is 12.7. The van der Waals surface area contributed by atoms with Crippen molar-refractivity contribution in [2.75, 3.05) is 19.0 Å². The summed E-state index contributed by atoms with van der Waals surface area (Å²) in [6.45, 7) is 4.96. The van der Waals surface area contributed by atoms with E-state index in [1.807, 2.05) is 18.2 Å². The van der Waals surface area contributed by atoms with Crippen molar-refractivity contribution in [3.05, 3.63) is 35.0 Å². The molecule has 0 fully saturated rings. The van der Waals surface area contributed by atoms with Crippen molar-refractivity contribution in [2.24, 2.45) is 5.92 Å². The first-order valence-electron chi connectivity index (χ1n) is 9.70. The van der Waals surface area contributed by atoms with Crippen LogP contribution in [0.3, 0.4) is 0 Å².